The minimum atomic E-state index is -4.11. The molecule has 3 aromatic carbocycles. The summed E-state index contributed by atoms with van der Waals surface area (Å²) in [5, 5.41) is 4.68. The van der Waals surface area contributed by atoms with Crippen LogP contribution in [0.15, 0.2) is 101 Å². The van der Waals surface area contributed by atoms with Crippen molar-refractivity contribution in [1.82, 2.24) is 4.41 Å². The molecule has 0 aliphatic heterocycles. The van der Waals surface area contributed by atoms with E-state index in [0.29, 0.717) is 10.6 Å². The van der Waals surface area contributed by atoms with E-state index in [1.54, 1.807) is 36.4 Å². The van der Waals surface area contributed by atoms with Crippen molar-refractivity contribution in [3.8, 4) is 0 Å². The molecule has 3 aromatic rings. The smallest absolute Gasteiger partial charge is 0.312 e. The van der Waals surface area contributed by atoms with Gasteiger partial charge in [-0.25, -0.2) is 0 Å². The average molecular weight is 483 g/mol. The van der Waals surface area contributed by atoms with Gasteiger partial charge in [-0.05, 0) is 42.3 Å². The molecule has 0 heterocycles. The highest BCUT2D eigenvalue weighted by molar-refractivity contribution is 7.89. The van der Waals surface area contributed by atoms with Crippen molar-refractivity contribution in [2.24, 2.45) is 5.10 Å². The molecule has 0 aliphatic rings. The summed E-state index contributed by atoms with van der Waals surface area (Å²) < 4.78 is 32.6. The number of rotatable bonds is 9. The summed E-state index contributed by atoms with van der Waals surface area (Å²) in [5.41, 5.74) is 2.32. The van der Waals surface area contributed by atoms with Crippen LogP contribution in [-0.4, -0.2) is 25.0 Å². The first-order valence-electron chi connectivity index (χ1n) is 10.0. The summed E-state index contributed by atoms with van der Waals surface area (Å²) in [6.45, 7) is 5.73. The molecule has 3 rings (SSSR count). The lowest BCUT2D eigenvalue weighted by atomic mass is 10.2. The summed E-state index contributed by atoms with van der Waals surface area (Å²) >= 11 is 5.91. The maximum atomic E-state index is 13.3. The number of hydrazone groups is 1. The van der Waals surface area contributed by atoms with Crippen molar-refractivity contribution >= 4 is 33.8 Å². The fourth-order valence-electron chi connectivity index (χ4n) is 2.82. The number of benzene rings is 3. The van der Waals surface area contributed by atoms with Crippen LogP contribution in [0.2, 0.25) is 5.02 Å². The number of ether oxygens (including phenoxy) is 1. The molecule has 0 aromatic heterocycles. The standard InChI is InChI=1S/C25H23ClN2O4S/c1-19-8-14-24(15-9-19)33(30,31)28(27-17-21-10-12-23(26)13-11-21)20(2)16-25(29)32-18-22-6-4-3-5-7-22/h3-15,17H,2,16,18H2,1H3/b27-17+. The summed E-state index contributed by atoms with van der Waals surface area (Å²) in [6.07, 6.45) is 1.01. The molecule has 0 radical (unpaired) electrons. The second-order valence-electron chi connectivity index (χ2n) is 7.25. The van der Waals surface area contributed by atoms with Gasteiger partial charge in [-0.1, -0.05) is 78.3 Å². The van der Waals surface area contributed by atoms with Gasteiger partial charge in [0.25, 0.3) is 10.0 Å². The molecule has 0 amide bonds. The number of carbonyl (C=O) groups excluding carboxylic acids is 1. The van der Waals surface area contributed by atoms with Crippen LogP contribution in [0.3, 0.4) is 0 Å². The van der Waals surface area contributed by atoms with Crippen LogP contribution in [0.1, 0.15) is 23.1 Å². The van der Waals surface area contributed by atoms with E-state index in [0.717, 1.165) is 15.5 Å². The number of esters is 1. The molecule has 0 aliphatic carbocycles. The molecule has 0 atom stereocenters. The van der Waals surface area contributed by atoms with Crippen LogP contribution in [-0.2, 0) is 26.2 Å². The minimum Gasteiger partial charge on any atom is -0.461 e. The van der Waals surface area contributed by atoms with Crippen molar-refractivity contribution in [2.75, 3.05) is 0 Å². The fourth-order valence-corrected chi connectivity index (χ4v) is 4.20. The molecule has 6 nitrogen and oxygen atoms in total. The second kappa shape index (κ2) is 10.9. The number of sulfonamides is 1. The zero-order chi connectivity index (χ0) is 23.8. The molecule has 0 spiro atoms. The molecule has 0 saturated carbocycles. The third-order valence-electron chi connectivity index (χ3n) is 4.59. The zero-order valence-electron chi connectivity index (χ0n) is 18.0. The molecular weight excluding hydrogens is 460 g/mol. The van der Waals surface area contributed by atoms with Crippen molar-refractivity contribution in [2.45, 2.75) is 24.8 Å². The first-order valence-corrected chi connectivity index (χ1v) is 11.9. The van der Waals surface area contributed by atoms with Gasteiger partial charge in [-0.15, -0.1) is 0 Å². The van der Waals surface area contributed by atoms with Crippen molar-refractivity contribution in [3.05, 3.63) is 113 Å². The van der Waals surface area contributed by atoms with Gasteiger partial charge in [0.15, 0.2) is 0 Å². The second-order valence-corrected chi connectivity index (χ2v) is 9.45. The Morgan fingerprint density at radius 3 is 2.30 bits per heavy atom. The topological polar surface area (TPSA) is 76.0 Å². The van der Waals surface area contributed by atoms with Gasteiger partial charge in [-0.2, -0.15) is 17.9 Å². The molecule has 8 heteroatoms. The van der Waals surface area contributed by atoms with E-state index in [9.17, 15) is 13.2 Å². The molecule has 0 bridgehead atoms. The van der Waals surface area contributed by atoms with Crippen molar-refractivity contribution < 1.29 is 17.9 Å². The maximum Gasteiger partial charge on any atom is 0.312 e. The van der Waals surface area contributed by atoms with Gasteiger partial charge in [0, 0.05) is 5.02 Å². The van der Waals surface area contributed by atoms with Gasteiger partial charge in [0.05, 0.1) is 23.2 Å². The molecule has 0 saturated heterocycles. The lowest BCUT2D eigenvalue weighted by molar-refractivity contribution is -0.144. The number of carbonyl (C=O) groups is 1. The number of aryl methyl sites for hydroxylation is 1. The van der Waals surface area contributed by atoms with Gasteiger partial charge in [0.1, 0.15) is 6.61 Å². The van der Waals surface area contributed by atoms with Crippen LogP contribution >= 0.6 is 11.6 Å². The monoisotopic (exact) mass is 482 g/mol. The molecular formula is C25H23ClN2O4S. The first kappa shape index (κ1) is 24.2. The van der Waals surface area contributed by atoms with Crippen LogP contribution in [0, 0.1) is 6.92 Å². The Balaban J connectivity index is 1.82. The Kier molecular flexibility index (Phi) is 8.03. The van der Waals surface area contributed by atoms with E-state index in [1.807, 2.05) is 37.3 Å². The summed E-state index contributed by atoms with van der Waals surface area (Å²) in [4.78, 5) is 12.4. The molecule has 33 heavy (non-hydrogen) atoms. The lowest BCUT2D eigenvalue weighted by Gasteiger charge is -2.21. The Morgan fingerprint density at radius 2 is 1.67 bits per heavy atom. The van der Waals surface area contributed by atoms with Crippen LogP contribution < -0.4 is 0 Å². The molecule has 170 valence electrons. The minimum absolute atomic E-state index is 0.0279. The molecule has 0 unspecified atom stereocenters. The van der Waals surface area contributed by atoms with Crippen LogP contribution in [0.4, 0.5) is 0 Å². The van der Waals surface area contributed by atoms with Crippen LogP contribution in [0.5, 0.6) is 0 Å². The maximum absolute atomic E-state index is 13.3. The van der Waals surface area contributed by atoms with Crippen molar-refractivity contribution in [3.63, 3.8) is 0 Å². The Morgan fingerprint density at radius 1 is 1.03 bits per heavy atom. The lowest BCUT2D eigenvalue weighted by Crippen LogP contribution is -2.27. The Hall–Kier alpha value is -3.42. The SMILES string of the molecule is C=C(CC(=O)OCc1ccccc1)N(/N=C/c1ccc(Cl)cc1)S(=O)(=O)c1ccc(C)cc1. The normalized spacial score (nSPS) is 11.3. The number of nitrogens with zero attached hydrogens (tertiary/aromatic N) is 2. The van der Waals surface area contributed by atoms with E-state index >= 15 is 0 Å². The van der Waals surface area contributed by atoms with Gasteiger partial charge >= 0.3 is 5.97 Å². The van der Waals surface area contributed by atoms with E-state index in [4.69, 9.17) is 16.3 Å². The highest BCUT2D eigenvalue weighted by Gasteiger charge is 2.27. The van der Waals surface area contributed by atoms with Gasteiger partial charge in [0.2, 0.25) is 0 Å². The third kappa shape index (κ3) is 6.78. The summed E-state index contributed by atoms with van der Waals surface area (Å²) in [6, 6.07) is 22.2. The van der Waals surface area contributed by atoms with E-state index in [2.05, 4.69) is 11.7 Å². The van der Waals surface area contributed by atoms with E-state index in [-0.39, 0.29) is 23.6 Å². The zero-order valence-corrected chi connectivity index (χ0v) is 19.6. The Labute approximate surface area is 198 Å². The predicted octanol–water partition coefficient (Wildman–Crippen LogP) is 5.32. The fraction of sp³-hybridized carbons (Fsp3) is 0.120. The van der Waals surface area contributed by atoms with Crippen molar-refractivity contribution in [1.29, 1.82) is 0 Å². The highest BCUT2D eigenvalue weighted by atomic mass is 35.5. The predicted molar refractivity (Wildman–Crippen MR) is 129 cm³/mol. The largest absolute Gasteiger partial charge is 0.461 e. The number of hydrogen-bond donors (Lipinski definition) is 0. The van der Waals surface area contributed by atoms with Gasteiger partial charge in [-0.3, -0.25) is 4.79 Å². The van der Waals surface area contributed by atoms with E-state index in [1.165, 1.54) is 18.3 Å². The Bertz CT molecular complexity index is 1240. The van der Waals surface area contributed by atoms with Crippen LogP contribution in [0.25, 0.3) is 0 Å². The number of halogens is 1. The summed E-state index contributed by atoms with van der Waals surface area (Å²) in [5.74, 6) is -0.616. The van der Waals surface area contributed by atoms with E-state index < -0.39 is 16.0 Å². The third-order valence-corrected chi connectivity index (χ3v) is 6.52. The number of hydrogen-bond acceptors (Lipinski definition) is 5. The highest BCUT2D eigenvalue weighted by Crippen LogP contribution is 2.23. The summed E-state index contributed by atoms with van der Waals surface area (Å²) in [7, 11) is -4.11. The molecule has 0 fully saturated rings. The average Bonchev–Trinajstić information content (AvgIpc) is 2.80. The van der Waals surface area contributed by atoms with Gasteiger partial charge < -0.3 is 4.74 Å². The molecule has 0 N–H and O–H groups in total. The first-order chi connectivity index (χ1) is 15.8. The quantitative estimate of drug-likeness (QED) is 0.235.